The number of nitrogens with one attached hydrogen (secondary N) is 1. The molecule has 0 fully saturated rings. The third-order valence-electron chi connectivity index (χ3n) is 2.99. The molecular formula is C15H24N2O2. The van der Waals surface area contributed by atoms with Gasteiger partial charge in [0.25, 0.3) is 5.91 Å². The number of carbonyl (C=O) groups is 1. The molecule has 1 rings (SSSR count). The fourth-order valence-corrected chi connectivity index (χ4v) is 2.27. The van der Waals surface area contributed by atoms with Crippen LogP contribution in [0.25, 0.3) is 0 Å². The van der Waals surface area contributed by atoms with E-state index in [1.54, 1.807) is 6.92 Å². The molecule has 1 amide bonds. The van der Waals surface area contributed by atoms with Crippen molar-refractivity contribution < 1.29 is 9.90 Å². The zero-order valence-corrected chi connectivity index (χ0v) is 12.4. The maximum absolute atomic E-state index is 12.2. The molecule has 4 heteroatoms. The normalized spacial score (nSPS) is 14.3. The Labute approximate surface area is 115 Å². The number of hydrogen-bond acceptors (Lipinski definition) is 3. The lowest BCUT2D eigenvalue weighted by molar-refractivity contribution is 0.0325. The minimum Gasteiger partial charge on any atom is -0.387 e. The Morgan fingerprint density at radius 1 is 1.32 bits per heavy atom. The molecule has 0 saturated heterocycles. The summed E-state index contributed by atoms with van der Waals surface area (Å²) in [6.45, 7) is 6.29. The molecule has 19 heavy (non-hydrogen) atoms. The van der Waals surface area contributed by atoms with Gasteiger partial charge in [-0.2, -0.15) is 0 Å². The molecule has 0 aliphatic carbocycles. The molecule has 0 spiro atoms. The molecule has 106 valence electrons. The van der Waals surface area contributed by atoms with Crippen molar-refractivity contribution in [3.8, 4) is 0 Å². The first-order valence-corrected chi connectivity index (χ1v) is 6.44. The van der Waals surface area contributed by atoms with Crippen LogP contribution in [0.1, 0.15) is 28.4 Å². The van der Waals surface area contributed by atoms with E-state index in [-0.39, 0.29) is 12.5 Å². The summed E-state index contributed by atoms with van der Waals surface area (Å²) in [6, 6.07) is 5.77. The van der Waals surface area contributed by atoms with Gasteiger partial charge in [-0.1, -0.05) is 18.2 Å². The van der Waals surface area contributed by atoms with Crippen molar-refractivity contribution in [1.82, 2.24) is 10.2 Å². The van der Waals surface area contributed by atoms with Crippen LogP contribution in [0, 0.1) is 13.8 Å². The van der Waals surface area contributed by atoms with Crippen molar-refractivity contribution in [3.05, 3.63) is 34.9 Å². The number of aryl methyl sites for hydroxylation is 2. The van der Waals surface area contributed by atoms with Crippen LogP contribution in [0.4, 0.5) is 0 Å². The first kappa shape index (κ1) is 15.7. The van der Waals surface area contributed by atoms with Gasteiger partial charge in [-0.05, 0) is 46.0 Å². The smallest absolute Gasteiger partial charge is 0.251 e. The van der Waals surface area contributed by atoms with Gasteiger partial charge in [-0.25, -0.2) is 0 Å². The highest BCUT2D eigenvalue weighted by Gasteiger charge is 2.23. The lowest BCUT2D eigenvalue weighted by Crippen LogP contribution is -2.47. The fourth-order valence-electron chi connectivity index (χ4n) is 2.27. The first-order chi connectivity index (χ1) is 8.73. The summed E-state index contributed by atoms with van der Waals surface area (Å²) in [5.41, 5.74) is 1.66. The minimum atomic E-state index is -0.935. The van der Waals surface area contributed by atoms with Crippen molar-refractivity contribution in [2.75, 3.05) is 27.2 Å². The molecule has 0 aliphatic heterocycles. The average molecular weight is 264 g/mol. The molecule has 0 heterocycles. The Hall–Kier alpha value is -1.39. The second-order valence-electron chi connectivity index (χ2n) is 5.68. The van der Waals surface area contributed by atoms with Gasteiger partial charge < -0.3 is 15.3 Å². The van der Waals surface area contributed by atoms with Crippen LogP contribution in [0.3, 0.4) is 0 Å². The van der Waals surface area contributed by atoms with Gasteiger partial charge in [-0.3, -0.25) is 4.79 Å². The Balaban J connectivity index is 2.71. The third kappa shape index (κ3) is 4.65. The molecule has 0 radical (unpaired) electrons. The van der Waals surface area contributed by atoms with Gasteiger partial charge in [0.2, 0.25) is 0 Å². The zero-order valence-electron chi connectivity index (χ0n) is 12.4. The zero-order chi connectivity index (χ0) is 14.6. The quantitative estimate of drug-likeness (QED) is 0.844. The Bertz CT molecular complexity index is 433. The van der Waals surface area contributed by atoms with E-state index in [1.807, 2.05) is 51.0 Å². The summed E-state index contributed by atoms with van der Waals surface area (Å²) in [6.07, 6.45) is 0. The van der Waals surface area contributed by atoms with Crippen molar-refractivity contribution in [3.63, 3.8) is 0 Å². The number of carbonyl (C=O) groups excluding carboxylic acids is 1. The van der Waals surface area contributed by atoms with Gasteiger partial charge in [0, 0.05) is 18.7 Å². The summed E-state index contributed by atoms with van der Waals surface area (Å²) in [7, 11) is 3.78. The number of hydrogen-bond donors (Lipinski definition) is 2. The number of likely N-dealkylation sites (N-methyl/N-ethyl adjacent to an activating group) is 1. The van der Waals surface area contributed by atoms with Crippen LogP contribution >= 0.6 is 0 Å². The molecular weight excluding hydrogens is 240 g/mol. The van der Waals surface area contributed by atoms with Crippen molar-refractivity contribution in [2.45, 2.75) is 26.4 Å². The van der Waals surface area contributed by atoms with Gasteiger partial charge in [0.15, 0.2) is 0 Å². The molecule has 0 aliphatic rings. The molecule has 1 atom stereocenters. The number of benzene rings is 1. The fraction of sp³-hybridized carbons (Fsp3) is 0.533. The van der Waals surface area contributed by atoms with E-state index in [2.05, 4.69) is 5.32 Å². The number of amides is 1. The molecule has 1 aromatic rings. The van der Waals surface area contributed by atoms with E-state index in [4.69, 9.17) is 0 Å². The molecule has 1 aromatic carbocycles. The Morgan fingerprint density at radius 2 is 1.84 bits per heavy atom. The molecule has 2 N–H and O–H groups in total. The molecule has 1 unspecified atom stereocenters. The summed E-state index contributed by atoms with van der Waals surface area (Å²) in [4.78, 5) is 14.1. The van der Waals surface area contributed by atoms with Gasteiger partial charge >= 0.3 is 0 Å². The van der Waals surface area contributed by atoms with E-state index in [1.165, 1.54) is 0 Å². The highest BCUT2D eigenvalue weighted by Crippen LogP contribution is 2.13. The van der Waals surface area contributed by atoms with Crippen molar-refractivity contribution >= 4 is 5.91 Å². The van der Waals surface area contributed by atoms with E-state index >= 15 is 0 Å². The predicted molar refractivity (Wildman–Crippen MR) is 77.4 cm³/mol. The highest BCUT2D eigenvalue weighted by atomic mass is 16.3. The maximum Gasteiger partial charge on any atom is 0.251 e. The van der Waals surface area contributed by atoms with Gasteiger partial charge in [-0.15, -0.1) is 0 Å². The molecule has 4 nitrogen and oxygen atoms in total. The van der Waals surface area contributed by atoms with Crippen LogP contribution < -0.4 is 5.32 Å². The Kier molecular flexibility index (Phi) is 5.09. The molecule has 0 saturated carbocycles. The van der Waals surface area contributed by atoms with Crippen molar-refractivity contribution in [2.24, 2.45) is 0 Å². The third-order valence-corrected chi connectivity index (χ3v) is 2.99. The van der Waals surface area contributed by atoms with Crippen molar-refractivity contribution in [1.29, 1.82) is 0 Å². The summed E-state index contributed by atoms with van der Waals surface area (Å²) in [5, 5.41) is 13.0. The van der Waals surface area contributed by atoms with Gasteiger partial charge in [0.1, 0.15) is 0 Å². The summed E-state index contributed by atoms with van der Waals surface area (Å²) < 4.78 is 0. The van der Waals surface area contributed by atoms with Crippen LogP contribution in [-0.2, 0) is 0 Å². The van der Waals surface area contributed by atoms with Crippen LogP contribution in [0.5, 0.6) is 0 Å². The van der Waals surface area contributed by atoms with E-state index < -0.39 is 5.60 Å². The van der Waals surface area contributed by atoms with E-state index in [0.717, 1.165) is 11.1 Å². The molecule has 0 bridgehead atoms. The monoisotopic (exact) mass is 264 g/mol. The Morgan fingerprint density at radius 3 is 2.32 bits per heavy atom. The first-order valence-electron chi connectivity index (χ1n) is 6.44. The number of nitrogens with zero attached hydrogens (tertiary/aromatic N) is 1. The SMILES string of the molecule is Cc1cccc(C)c1C(=O)NCC(C)(O)CN(C)C. The van der Waals surface area contributed by atoms with Gasteiger partial charge in [0.05, 0.1) is 5.60 Å². The largest absolute Gasteiger partial charge is 0.387 e. The average Bonchev–Trinajstić information content (AvgIpc) is 2.24. The van der Waals surface area contributed by atoms with E-state index in [0.29, 0.717) is 12.1 Å². The predicted octanol–water partition coefficient (Wildman–Crippen LogP) is 1.35. The van der Waals surface area contributed by atoms with Crippen LogP contribution in [-0.4, -0.2) is 48.7 Å². The topological polar surface area (TPSA) is 52.6 Å². The van der Waals surface area contributed by atoms with Crippen LogP contribution in [0.2, 0.25) is 0 Å². The van der Waals surface area contributed by atoms with Crippen LogP contribution in [0.15, 0.2) is 18.2 Å². The second-order valence-corrected chi connectivity index (χ2v) is 5.68. The lowest BCUT2D eigenvalue weighted by Gasteiger charge is -2.27. The number of aliphatic hydroxyl groups is 1. The minimum absolute atomic E-state index is 0.130. The summed E-state index contributed by atoms with van der Waals surface area (Å²) in [5.74, 6) is -0.130. The lowest BCUT2D eigenvalue weighted by atomic mass is 10.0. The number of rotatable bonds is 5. The van der Waals surface area contributed by atoms with E-state index in [9.17, 15) is 9.90 Å². The molecule has 0 aromatic heterocycles. The highest BCUT2D eigenvalue weighted by molar-refractivity contribution is 5.97. The second kappa shape index (κ2) is 6.17. The maximum atomic E-state index is 12.2. The standard InChI is InChI=1S/C15H24N2O2/c1-11-7-6-8-12(2)13(11)14(18)16-9-15(3,19)10-17(4)5/h6-8,19H,9-10H2,1-5H3,(H,16,18). The summed E-state index contributed by atoms with van der Waals surface area (Å²) >= 11 is 0.